The number of amides is 1. The van der Waals surface area contributed by atoms with Gasteiger partial charge < -0.3 is 10.6 Å². The summed E-state index contributed by atoms with van der Waals surface area (Å²) in [5.41, 5.74) is 6.20. The molecule has 1 heterocycles. The van der Waals surface area contributed by atoms with Crippen LogP contribution in [0.15, 0.2) is 12.4 Å². The zero-order chi connectivity index (χ0) is 11.4. The predicted octanol–water partition coefficient (Wildman–Crippen LogP) is 0.753. The molecule has 0 aromatic carbocycles. The number of rotatable bonds is 4. The Kier molecular flexibility index (Phi) is 3.56. The summed E-state index contributed by atoms with van der Waals surface area (Å²) in [7, 11) is 0. The molecule has 0 bridgehead atoms. The molecule has 2 rings (SSSR count). The molecule has 1 aliphatic carbocycles. The lowest BCUT2D eigenvalue weighted by atomic mass is 10.2. The van der Waals surface area contributed by atoms with Gasteiger partial charge in [0.15, 0.2) is 0 Å². The Morgan fingerprint density at radius 2 is 2.31 bits per heavy atom. The van der Waals surface area contributed by atoms with Crippen molar-refractivity contribution in [2.45, 2.75) is 31.7 Å². The van der Waals surface area contributed by atoms with Crippen molar-refractivity contribution in [2.24, 2.45) is 5.73 Å². The standard InChI is InChI=1S/C11H18N4O/c12-5-6-15(10-3-1-2-4-10)11(16)9-7-13-14-8-9/h7-8,10H,1-6,12H2,(H,13,14). The van der Waals surface area contributed by atoms with Gasteiger partial charge in [0.1, 0.15) is 0 Å². The van der Waals surface area contributed by atoms with Gasteiger partial charge in [-0.2, -0.15) is 5.10 Å². The van der Waals surface area contributed by atoms with Gasteiger partial charge >= 0.3 is 0 Å². The number of aromatic amines is 1. The van der Waals surface area contributed by atoms with E-state index < -0.39 is 0 Å². The molecule has 1 aliphatic rings. The van der Waals surface area contributed by atoms with E-state index in [1.165, 1.54) is 12.8 Å². The van der Waals surface area contributed by atoms with Crippen molar-refractivity contribution in [3.05, 3.63) is 18.0 Å². The highest BCUT2D eigenvalue weighted by molar-refractivity contribution is 5.93. The zero-order valence-electron chi connectivity index (χ0n) is 9.35. The Labute approximate surface area is 95.0 Å². The number of hydrogen-bond acceptors (Lipinski definition) is 3. The van der Waals surface area contributed by atoms with Crippen molar-refractivity contribution in [3.8, 4) is 0 Å². The minimum atomic E-state index is 0.0473. The first-order chi connectivity index (χ1) is 7.83. The van der Waals surface area contributed by atoms with Crippen LogP contribution in [0.1, 0.15) is 36.0 Å². The maximum absolute atomic E-state index is 12.2. The topological polar surface area (TPSA) is 75.0 Å². The lowest BCUT2D eigenvalue weighted by Gasteiger charge is -2.28. The molecule has 1 aromatic rings. The van der Waals surface area contributed by atoms with E-state index in [2.05, 4.69) is 10.2 Å². The summed E-state index contributed by atoms with van der Waals surface area (Å²) in [5.74, 6) is 0.0473. The van der Waals surface area contributed by atoms with Crippen molar-refractivity contribution >= 4 is 5.91 Å². The highest BCUT2D eigenvalue weighted by Crippen LogP contribution is 2.24. The number of nitrogens with one attached hydrogen (secondary N) is 1. The van der Waals surface area contributed by atoms with E-state index in [9.17, 15) is 4.79 Å². The zero-order valence-corrected chi connectivity index (χ0v) is 9.35. The summed E-state index contributed by atoms with van der Waals surface area (Å²) in [5, 5.41) is 6.48. The molecule has 0 spiro atoms. The Morgan fingerprint density at radius 1 is 1.56 bits per heavy atom. The van der Waals surface area contributed by atoms with Crippen LogP contribution >= 0.6 is 0 Å². The minimum Gasteiger partial charge on any atom is -0.334 e. The molecule has 0 aliphatic heterocycles. The lowest BCUT2D eigenvalue weighted by Crippen LogP contribution is -2.41. The first-order valence-corrected chi connectivity index (χ1v) is 5.82. The van der Waals surface area contributed by atoms with Crippen molar-refractivity contribution in [1.29, 1.82) is 0 Å². The van der Waals surface area contributed by atoms with Gasteiger partial charge in [0.05, 0.1) is 11.8 Å². The second-order valence-corrected chi connectivity index (χ2v) is 4.21. The first-order valence-electron chi connectivity index (χ1n) is 5.82. The van der Waals surface area contributed by atoms with E-state index in [-0.39, 0.29) is 5.91 Å². The third-order valence-corrected chi connectivity index (χ3v) is 3.14. The van der Waals surface area contributed by atoms with Crippen LogP contribution in [0.2, 0.25) is 0 Å². The normalized spacial score (nSPS) is 16.6. The first kappa shape index (κ1) is 11.1. The smallest absolute Gasteiger partial charge is 0.257 e. The van der Waals surface area contributed by atoms with Gasteiger partial charge in [0.2, 0.25) is 0 Å². The van der Waals surface area contributed by atoms with E-state index in [0.717, 1.165) is 12.8 Å². The van der Waals surface area contributed by atoms with Crippen LogP contribution in [0, 0.1) is 0 Å². The Bertz CT molecular complexity index is 330. The van der Waals surface area contributed by atoms with E-state index >= 15 is 0 Å². The number of nitrogens with zero attached hydrogens (tertiary/aromatic N) is 2. The monoisotopic (exact) mass is 222 g/mol. The van der Waals surface area contributed by atoms with Gasteiger partial charge in [0.25, 0.3) is 5.91 Å². The van der Waals surface area contributed by atoms with Crippen LogP contribution < -0.4 is 5.73 Å². The summed E-state index contributed by atoms with van der Waals surface area (Å²) >= 11 is 0. The molecular formula is C11H18N4O. The van der Waals surface area contributed by atoms with E-state index in [1.807, 2.05) is 4.90 Å². The van der Waals surface area contributed by atoms with Gasteiger partial charge in [-0.05, 0) is 12.8 Å². The molecule has 0 unspecified atom stereocenters. The van der Waals surface area contributed by atoms with Gasteiger partial charge in [0, 0.05) is 25.3 Å². The maximum atomic E-state index is 12.2. The van der Waals surface area contributed by atoms with E-state index in [1.54, 1.807) is 12.4 Å². The summed E-state index contributed by atoms with van der Waals surface area (Å²) in [6.45, 7) is 1.15. The largest absolute Gasteiger partial charge is 0.334 e. The van der Waals surface area contributed by atoms with Gasteiger partial charge in [-0.15, -0.1) is 0 Å². The molecule has 1 amide bonds. The number of nitrogens with two attached hydrogens (primary N) is 1. The maximum Gasteiger partial charge on any atom is 0.257 e. The van der Waals surface area contributed by atoms with Crippen molar-refractivity contribution in [3.63, 3.8) is 0 Å². The molecule has 5 heteroatoms. The third-order valence-electron chi connectivity index (χ3n) is 3.14. The van der Waals surface area contributed by atoms with Crippen LogP contribution in [-0.4, -0.2) is 40.1 Å². The summed E-state index contributed by atoms with van der Waals surface area (Å²) in [6, 6.07) is 0.367. The summed E-state index contributed by atoms with van der Waals surface area (Å²) in [4.78, 5) is 14.1. The number of H-pyrrole nitrogens is 1. The van der Waals surface area contributed by atoms with Crippen LogP contribution in [-0.2, 0) is 0 Å². The van der Waals surface area contributed by atoms with Gasteiger partial charge in [-0.25, -0.2) is 0 Å². The molecule has 1 saturated carbocycles. The number of aromatic nitrogens is 2. The third kappa shape index (κ3) is 2.24. The van der Waals surface area contributed by atoms with Crippen LogP contribution in [0.25, 0.3) is 0 Å². The number of carbonyl (C=O) groups excluding carboxylic acids is 1. The SMILES string of the molecule is NCCN(C(=O)c1cn[nH]c1)C1CCCC1. The second kappa shape index (κ2) is 5.12. The van der Waals surface area contributed by atoms with Gasteiger partial charge in [-0.1, -0.05) is 12.8 Å². The summed E-state index contributed by atoms with van der Waals surface area (Å²) in [6.07, 6.45) is 7.84. The molecule has 0 saturated heterocycles. The van der Waals surface area contributed by atoms with Crippen LogP contribution in [0.3, 0.4) is 0 Å². The average molecular weight is 222 g/mol. The average Bonchev–Trinajstić information content (AvgIpc) is 2.96. The molecule has 1 aromatic heterocycles. The highest BCUT2D eigenvalue weighted by Gasteiger charge is 2.27. The molecule has 88 valence electrons. The van der Waals surface area contributed by atoms with Crippen molar-refractivity contribution in [2.75, 3.05) is 13.1 Å². The highest BCUT2D eigenvalue weighted by atomic mass is 16.2. The molecule has 3 N–H and O–H groups in total. The fourth-order valence-electron chi connectivity index (χ4n) is 2.34. The van der Waals surface area contributed by atoms with Crippen molar-refractivity contribution < 1.29 is 4.79 Å². The van der Waals surface area contributed by atoms with Crippen molar-refractivity contribution in [1.82, 2.24) is 15.1 Å². The molecule has 16 heavy (non-hydrogen) atoms. The van der Waals surface area contributed by atoms with Crippen LogP contribution in [0.4, 0.5) is 0 Å². The molecule has 1 fully saturated rings. The summed E-state index contributed by atoms with van der Waals surface area (Å²) < 4.78 is 0. The Morgan fingerprint density at radius 3 is 2.88 bits per heavy atom. The van der Waals surface area contributed by atoms with Crippen LogP contribution in [0.5, 0.6) is 0 Å². The van der Waals surface area contributed by atoms with E-state index in [0.29, 0.717) is 24.7 Å². The molecule has 5 nitrogen and oxygen atoms in total. The molecule has 0 radical (unpaired) electrons. The predicted molar refractivity (Wildman–Crippen MR) is 60.9 cm³/mol. The fraction of sp³-hybridized carbons (Fsp3) is 0.636. The van der Waals surface area contributed by atoms with Gasteiger partial charge in [-0.3, -0.25) is 9.89 Å². The molecular weight excluding hydrogens is 204 g/mol. The fourth-order valence-corrected chi connectivity index (χ4v) is 2.34. The Hall–Kier alpha value is -1.36. The number of hydrogen-bond donors (Lipinski definition) is 2. The lowest BCUT2D eigenvalue weighted by molar-refractivity contribution is 0.0688. The minimum absolute atomic E-state index is 0.0473. The quantitative estimate of drug-likeness (QED) is 0.789. The Balaban J connectivity index is 2.09. The second-order valence-electron chi connectivity index (χ2n) is 4.21. The molecule has 0 atom stereocenters. The van der Waals surface area contributed by atoms with E-state index in [4.69, 9.17) is 5.73 Å². The number of carbonyl (C=O) groups is 1.